The molecular weight excluding hydrogens is 305 g/mol. The van der Waals surface area contributed by atoms with Crippen LogP contribution in [-0.2, 0) is 11.0 Å². The molecule has 116 valence electrons. The van der Waals surface area contributed by atoms with E-state index in [0.29, 0.717) is 6.54 Å². The summed E-state index contributed by atoms with van der Waals surface area (Å²) in [5.74, 6) is -0.131. The van der Waals surface area contributed by atoms with Gasteiger partial charge in [-0.1, -0.05) is 11.6 Å². The third-order valence-corrected chi connectivity index (χ3v) is 3.70. The van der Waals surface area contributed by atoms with Gasteiger partial charge in [0.2, 0.25) is 5.91 Å². The molecule has 1 saturated carbocycles. The van der Waals surface area contributed by atoms with E-state index >= 15 is 0 Å². The lowest BCUT2D eigenvalue weighted by Crippen LogP contribution is -2.37. The summed E-state index contributed by atoms with van der Waals surface area (Å²) in [4.78, 5) is 13.8. The van der Waals surface area contributed by atoms with Crippen LogP contribution >= 0.6 is 11.6 Å². The van der Waals surface area contributed by atoms with Gasteiger partial charge in [0, 0.05) is 12.6 Å². The van der Waals surface area contributed by atoms with Gasteiger partial charge in [0.1, 0.15) is 0 Å². The average molecular weight is 321 g/mol. The van der Waals surface area contributed by atoms with Crippen LogP contribution in [0.15, 0.2) is 18.2 Å². The van der Waals surface area contributed by atoms with E-state index < -0.39 is 11.7 Å². The molecule has 1 aromatic carbocycles. The Hall–Kier alpha value is -1.43. The van der Waals surface area contributed by atoms with Crippen LogP contribution in [0.1, 0.15) is 25.3 Å². The molecule has 0 saturated heterocycles. The van der Waals surface area contributed by atoms with E-state index in [0.717, 1.165) is 25.0 Å². The van der Waals surface area contributed by atoms with Crippen LogP contribution in [0.5, 0.6) is 0 Å². The largest absolute Gasteiger partial charge is 0.416 e. The molecule has 21 heavy (non-hydrogen) atoms. The molecule has 0 heterocycles. The summed E-state index contributed by atoms with van der Waals surface area (Å²) in [6, 6.07) is 3.29. The second-order valence-corrected chi connectivity index (χ2v) is 5.36. The van der Waals surface area contributed by atoms with Crippen LogP contribution in [0.2, 0.25) is 5.02 Å². The molecule has 1 aliphatic carbocycles. The Kier molecular flexibility index (Phi) is 4.66. The Balaban J connectivity index is 2.03. The van der Waals surface area contributed by atoms with Crippen LogP contribution in [-0.4, -0.2) is 29.9 Å². The molecule has 0 bridgehead atoms. The fourth-order valence-corrected chi connectivity index (χ4v) is 2.32. The quantitative estimate of drug-likeness (QED) is 0.895. The number of amides is 1. The Morgan fingerprint density at radius 3 is 2.62 bits per heavy atom. The molecule has 0 aliphatic heterocycles. The van der Waals surface area contributed by atoms with Gasteiger partial charge in [0.05, 0.1) is 22.8 Å². The number of nitrogens with zero attached hydrogens (tertiary/aromatic N) is 1. The highest BCUT2D eigenvalue weighted by Crippen LogP contribution is 2.34. The Morgan fingerprint density at radius 2 is 2.10 bits per heavy atom. The molecule has 1 aromatic rings. The third-order valence-electron chi connectivity index (χ3n) is 3.37. The smallest absolute Gasteiger partial charge is 0.375 e. The van der Waals surface area contributed by atoms with Gasteiger partial charge in [-0.15, -0.1) is 0 Å². The zero-order valence-electron chi connectivity index (χ0n) is 11.5. The lowest BCUT2D eigenvalue weighted by molar-refractivity contribution is -0.137. The average Bonchev–Trinajstić information content (AvgIpc) is 3.22. The summed E-state index contributed by atoms with van der Waals surface area (Å²) in [7, 11) is 0. The number of rotatable bonds is 5. The number of alkyl halides is 3. The second-order valence-electron chi connectivity index (χ2n) is 4.96. The van der Waals surface area contributed by atoms with Crippen molar-refractivity contribution in [2.75, 3.05) is 18.4 Å². The van der Waals surface area contributed by atoms with E-state index in [9.17, 15) is 18.0 Å². The van der Waals surface area contributed by atoms with Crippen LogP contribution in [0.25, 0.3) is 0 Å². The van der Waals surface area contributed by atoms with E-state index in [2.05, 4.69) is 5.32 Å². The van der Waals surface area contributed by atoms with Gasteiger partial charge in [-0.25, -0.2) is 0 Å². The third kappa shape index (κ3) is 4.03. The standard InChI is InChI=1S/C14H16ClF3N2O/c1-2-20(10-4-5-10)13(21)8-19-12-7-9(14(16,17)18)3-6-11(12)15/h3,6-7,10,19H,2,4-5,8H2,1H3. The van der Waals surface area contributed by atoms with Crippen LogP contribution in [0.4, 0.5) is 18.9 Å². The molecule has 0 unspecified atom stereocenters. The van der Waals surface area contributed by atoms with Crippen molar-refractivity contribution < 1.29 is 18.0 Å². The van der Waals surface area contributed by atoms with Crippen molar-refractivity contribution >= 4 is 23.2 Å². The summed E-state index contributed by atoms with van der Waals surface area (Å²) in [5, 5.41) is 2.86. The van der Waals surface area contributed by atoms with Gasteiger partial charge in [0.25, 0.3) is 0 Å². The number of hydrogen-bond acceptors (Lipinski definition) is 2. The number of carbonyl (C=O) groups is 1. The predicted octanol–water partition coefficient (Wildman–Crippen LogP) is 3.78. The highest BCUT2D eigenvalue weighted by molar-refractivity contribution is 6.33. The van der Waals surface area contributed by atoms with Crippen molar-refractivity contribution in [1.29, 1.82) is 0 Å². The number of halogens is 4. The summed E-state index contributed by atoms with van der Waals surface area (Å²) in [5.41, 5.74) is -0.678. The monoisotopic (exact) mass is 320 g/mol. The Bertz CT molecular complexity index is 529. The second kappa shape index (κ2) is 6.13. The molecule has 7 heteroatoms. The highest BCUT2D eigenvalue weighted by Gasteiger charge is 2.32. The van der Waals surface area contributed by atoms with E-state index in [-0.39, 0.29) is 29.2 Å². The maximum Gasteiger partial charge on any atom is 0.416 e. The molecule has 1 amide bonds. The zero-order chi connectivity index (χ0) is 15.6. The number of likely N-dealkylation sites (N-methyl/N-ethyl adjacent to an activating group) is 1. The molecule has 0 atom stereocenters. The molecule has 0 aromatic heterocycles. The molecule has 0 spiro atoms. The SMILES string of the molecule is CCN(C(=O)CNc1cc(C(F)(F)F)ccc1Cl)C1CC1. The van der Waals surface area contributed by atoms with Gasteiger partial charge in [-0.3, -0.25) is 4.79 Å². The van der Waals surface area contributed by atoms with Crippen molar-refractivity contribution in [2.24, 2.45) is 0 Å². The first kappa shape index (κ1) is 15.9. The normalized spacial score (nSPS) is 14.9. The first-order valence-corrected chi connectivity index (χ1v) is 7.10. The van der Waals surface area contributed by atoms with E-state index in [1.165, 1.54) is 6.07 Å². The number of hydrogen-bond donors (Lipinski definition) is 1. The minimum absolute atomic E-state index is 0.0641. The van der Waals surface area contributed by atoms with Crippen LogP contribution < -0.4 is 5.32 Å². The molecule has 3 nitrogen and oxygen atoms in total. The summed E-state index contributed by atoms with van der Waals surface area (Å²) in [6.45, 7) is 2.42. The first-order valence-electron chi connectivity index (χ1n) is 6.73. The van der Waals surface area contributed by atoms with Crippen molar-refractivity contribution in [3.63, 3.8) is 0 Å². The number of nitrogens with one attached hydrogen (secondary N) is 1. The molecule has 2 rings (SSSR count). The maximum absolute atomic E-state index is 12.6. The maximum atomic E-state index is 12.6. The predicted molar refractivity (Wildman–Crippen MR) is 75.4 cm³/mol. The first-order chi connectivity index (χ1) is 9.82. The van der Waals surface area contributed by atoms with E-state index in [1.807, 2.05) is 6.92 Å². The lowest BCUT2D eigenvalue weighted by Gasteiger charge is -2.21. The highest BCUT2D eigenvalue weighted by atomic mass is 35.5. The molecule has 0 radical (unpaired) electrons. The van der Waals surface area contributed by atoms with Gasteiger partial charge in [0.15, 0.2) is 0 Å². The Morgan fingerprint density at radius 1 is 1.43 bits per heavy atom. The van der Waals surface area contributed by atoms with Gasteiger partial charge in [-0.2, -0.15) is 13.2 Å². The fraction of sp³-hybridized carbons (Fsp3) is 0.500. The van der Waals surface area contributed by atoms with Gasteiger partial charge in [-0.05, 0) is 38.0 Å². The van der Waals surface area contributed by atoms with Crippen molar-refractivity contribution in [3.8, 4) is 0 Å². The molecule has 1 fully saturated rings. The zero-order valence-corrected chi connectivity index (χ0v) is 12.3. The lowest BCUT2D eigenvalue weighted by atomic mass is 10.2. The number of benzene rings is 1. The van der Waals surface area contributed by atoms with Gasteiger partial charge < -0.3 is 10.2 Å². The van der Waals surface area contributed by atoms with Crippen LogP contribution in [0.3, 0.4) is 0 Å². The van der Waals surface area contributed by atoms with E-state index in [1.54, 1.807) is 4.90 Å². The Labute approximate surface area is 126 Å². The molecule has 1 aliphatic rings. The number of anilines is 1. The van der Waals surface area contributed by atoms with Crippen molar-refractivity contribution in [2.45, 2.75) is 32.0 Å². The van der Waals surface area contributed by atoms with Crippen molar-refractivity contribution in [1.82, 2.24) is 4.90 Å². The molecular formula is C14H16ClF3N2O. The van der Waals surface area contributed by atoms with Crippen LogP contribution in [0, 0.1) is 0 Å². The summed E-state index contributed by atoms with van der Waals surface area (Å²) >= 11 is 5.86. The topological polar surface area (TPSA) is 32.3 Å². The van der Waals surface area contributed by atoms with Crippen molar-refractivity contribution in [3.05, 3.63) is 28.8 Å². The number of carbonyl (C=O) groups excluding carboxylic acids is 1. The minimum atomic E-state index is -4.44. The minimum Gasteiger partial charge on any atom is -0.375 e. The van der Waals surface area contributed by atoms with E-state index in [4.69, 9.17) is 11.6 Å². The summed E-state index contributed by atoms with van der Waals surface area (Å²) < 4.78 is 37.9. The van der Waals surface area contributed by atoms with Gasteiger partial charge >= 0.3 is 6.18 Å². The fourth-order valence-electron chi connectivity index (χ4n) is 2.13. The summed E-state index contributed by atoms with van der Waals surface area (Å²) in [6.07, 6.45) is -2.46. The molecule has 1 N–H and O–H groups in total.